The second kappa shape index (κ2) is 6.97. The van der Waals surface area contributed by atoms with E-state index in [9.17, 15) is 0 Å². The van der Waals surface area contributed by atoms with E-state index in [2.05, 4.69) is 56.7 Å². The highest BCUT2D eigenvalue weighted by Gasteiger charge is 2.39. The topological polar surface area (TPSA) is 18.5 Å². The van der Waals surface area contributed by atoms with Crippen molar-refractivity contribution >= 4 is 0 Å². The standard InChI is InChI=1S/C18H37N3/c1-7-20-10-8-9-15(12-20)21-13-17(18(4,5)6)19-11-16(21)14(2)3/h14-17,19H,7-13H2,1-6H3. The quantitative estimate of drug-likeness (QED) is 0.864. The number of hydrogen-bond donors (Lipinski definition) is 1. The number of likely N-dealkylation sites (tertiary alicyclic amines) is 1. The van der Waals surface area contributed by atoms with E-state index in [4.69, 9.17) is 0 Å². The zero-order valence-corrected chi connectivity index (χ0v) is 15.2. The molecule has 3 atom stereocenters. The summed E-state index contributed by atoms with van der Waals surface area (Å²) < 4.78 is 0. The van der Waals surface area contributed by atoms with Gasteiger partial charge in [-0.25, -0.2) is 0 Å². The van der Waals surface area contributed by atoms with E-state index in [1.54, 1.807) is 0 Å². The maximum absolute atomic E-state index is 3.83. The lowest BCUT2D eigenvalue weighted by molar-refractivity contribution is 0.00121. The van der Waals surface area contributed by atoms with Crippen LogP contribution in [0.2, 0.25) is 0 Å². The largest absolute Gasteiger partial charge is 0.311 e. The molecule has 3 unspecified atom stereocenters. The van der Waals surface area contributed by atoms with Gasteiger partial charge in [0.15, 0.2) is 0 Å². The minimum absolute atomic E-state index is 0.347. The molecular weight excluding hydrogens is 258 g/mol. The summed E-state index contributed by atoms with van der Waals surface area (Å²) in [5, 5.41) is 3.83. The van der Waals surface area contributed by atoms with Crippen LogP contribution >= 0.6 is 0 Å². The van der Waals surface area contributed by atoms with E-state index in [1.165, 1.54) is 39.0 Å². The van der Waals surface area contributed by atoms with E-state index in [1.807, 2.05) is 0 Å². The summed E-state index contributed by atoms with van der Waals surface area (Å²) >= 11 is 0. The molecule has 0 saturated carbocycles. The predicted octanol–water partition coefficient (Wildman–Crippen LogP) is 2.82. The Balaban J connectivity index is 2.10. The van der Waals surface area contributed by atoms with Crippen molar-refractivity contribution in [2.45, 2.75) is 72.5 Å². The van der Waals surface area contributed by atoms with Crippen LogP contribution in [-0.4, -0.2) is 60.6 Å². The Morgan fingerprint density at radius 1 is 1.19 bits per heavy atom. The lowest BCUT2D eigenvalue weighted by Gasteiger charge is -2.51. The Kier molecular flexibility index (Phi) is 5.72. The SMILES string of the molecule is CCN1CCCC(N2CC(C(C)(C)C)NCC2C(C)C)C1. The first-order chi connectivity index (χ1) is 9.82. The molecule has 0 amide bonds. The van der Waals surface area contributed by atoms with Crippen molar-refractivity contribution in [3.8, 4) is 0 Å². The lowest BCUT2D eigenvalue weighted by Crippen LogP contribution is -2.65. The third kappa shape index (κ3) is 4.20. The van der Waals surface area contributed by atoms with Gasteiger partial charge in [0.05, 0.1) is 0 Å². The van der Waals surface area contributed by atoms with Crippen LogP contribution in [-0.2, 0) is 0 Å². The summed E-state index contributed by atoms with van der Waals surface area (Å²) in [7, 11) is 0. The molecule has 2 aliphatic heterocycles. The summed E-state index contributed by atoms with van der Waals surface area (Å²) in [5.74, 6) is 0.732. The van der Waals surface area contributed by atoms with E-state index >= 15 is 0 Å². The Hall–Kier alpha value is -0.120. The monoisotopic (exact) mass is 295 g/mol. The third-order valence-electron chi connectivity index (χ3n) is 5.60. The van der Waals surface area contributed by atoms with Gasteiger partial charge in [0, 0.05) is 37.8 Å². The van der Waals surface area contributed by atoms with Crippen molar-refractivity contribution in [1.29, 1.82) is 0 Å². The molecule has 0 spiro atoms. The molecule has 1 N–H and O–H groups in total. The highest BCUT2D eigenvalue weighted by atomic mass is 15.3. The van der Waals surface area contributed by atoms with Gasteiger partial charge in [0.25, 0.3) is 0 Å². The fourth-order valence-corrected chi connectivity index (χ4v) is 4.00. The van der Waals surface area contributed by atoms with Crippen molar-refractivity contribution in [2.24, 2.45) is 11.3 Å². The highest BCUT2D eigenvalue weighted by molar-refractivity contribution is 4.96. The van der Waals surface area contributed by atoms with Crippen LogP contribution in [0.3, 0.4) is 0 Å². The molecule has 3 nitrogen and oxygen atoms in total. The van der Waals surface area contributed by atoms with E-state index < -0.39 is 0 Å². The smallest absolute Gasteiger partial charge is 0.0247 e. The summed E-state index contributed by atoms with van der Waals surface area (Å²) in [4.78, 5) is 5.50. The summed E-state index contributed by atoms with van der Waals surface area (Å²) in [6.07, 6.45) is 2.75. The van der Waals surface area contributed by atoms with E-state index in [0.717, 1.165) is 18.5 Å². The molecular formula is C18H37N3. The van der Waals surface area contributed by atoms with Gasteiger partial charge in [-0.05, 0) is 37.3 Å². The number of rotatable bonds is 3. The molecule has 124 valence electrons. The normalized spacial score (nSPS) is 33.6. The Morgan fingerprint density at radius 3 is 2.48 bits per heavy atom. The van der Waals surface area contributed by atoms with Gasteiger partial charge in [0.2, 0.25) is 0 Å². The van der Waals surface area contributed by atoms with Crippen LogP contribution in [0.1, 0.15) is 54.4 Å². The van der Waals surface area contributed by atoms with Crippen LogP contribution < -0.4 is 5.32 Å². The number of piperazine rings is 1. The minimum atomic E-state index is 0.347. The minimum Gasteiger partial charge on any atom is -0.311 e. The second-order valence-corrected chi connectivity index (χ2v) is 8.52. The lowest BCUT2D eigenvalue weighted by atomic mass is 9.82. The Bertz CT molecular complexity index is 321. The maximum Gasteiger partial charge on any atom is 0.0247 e. The molecule has 0 aromatic heterocycles. The van der Waals surface area contributed by atoms with Gasteiger partial charge in [-0.1, -0.05) is 41.5 Å². The molecule has 0 aromatic rings. The van der Waals surface area contributed by atoms with E-state index in [0.29, 0.717) is 17.5 Å². The molecule has 2 fully saturated rings. The van der Waals surface area contributed by atoms with Crippen LogP contribution in [0.4, 0.5) is 0 Å². The van der Waals surface area contributed by atoms with Crippen molar-refractivity contribution in [2.75, 3.05) is 32.7 Å². The molecule has 0 aromatic carbocycles. The summed E-state index contributed by atoms with van der Waals surface area (Å²) in [6.45, 7) is 20.3. The first-order valence-electron chi connectivity index (χ1n) is 9.04. The fraction of sp³-hybridized carbons (Fsp3) is 1.00. The molecule has 2 aliphatic rings. The van der Waals surface area contributed by atoms with Crippen LogP contribution in [0.15, 0.2) is 0 Å². The summed E-state index contributed by atoms with van der Waals surface area (Å²) in [6, 6.07) is 2.08. The molecule has 0 radical (unpaired) electrons. The number of hydrogen-bond acceptors (Lipinski definition) is 3. The van der Waals surface area contributed by atoms with Gasteiger partial charge in [0.1, 0.15) is 0 Å². The van der Waals surface area contributed by atoms with Crippen LogP contribution in [0.5, 0.6) is 0 Å². The first-order valence-corrected chi connectivity index (χ1v) is 9.04. The van der Waals surface area contributed by atoms with Gasteiger partial charge < -0.3 is 10.2 Å². The molecule has 21 heavy (non-hydrogen) atoms. The van der Waals surface area contributed by atoms with Gasteiger partial charge in [-0.15, -0.1) is 0 Å². The average molecular weight is 296 g/mol. The number of nitrogens with zero attached hydrogens (tertiary/aromatic N) is 2. The molecule has 2 heterocycles. The fourth-order valence-electron chi connectivity index (χ4n) is 4.00. The maximum atomic E-state index is 3.83. The van der Waals surface area contributed by atoms with Crippen molar-refractivity contribution in [3.05, 3.63) is 0 Å². The van der Waals surface area contributed by atoms with E-state index in [-0.39, 0.29) is 0 Å². The summed E-state index contributed by atoms with van der Waals surface area (Å²) in [5.41, 5.74) is 0.347. The molecule has 0 bridgehead atoms. The average Bonchev–Trinajstić information content (AvgIpc) is 2.45. The van der Waals surface area contributed by atoms with Crippen molar-refractivity contribution in [1.82, 2.24) is 15.1 Å². The van der Waals surface area contributed by atoms with Gasteiger partial charge >= 0.3 is 0 Å². The molecule has 3 heteroatoms. The third-order valence-corrected chi connectivity index (χ3v) is 5.60. The molecule has 2 saturated heterocycles. The zero-order valence-electron chi connectivity index (χ0n) is 15.2. The van der Waals surface area contributed by atoms with Crippen molar-refractivity contribution in [3.63, 3.8) is 0 Å². The van der Waals surface area contributed by atoms with Crippen LogP contribution in [0.25, 0.3) is 0 Å². The zero-order chi connectivity index (χ0) is 15.6. The van der Waals surface area contributed by atoms with Crippen LogP contribution in [0, 0.1) is 11.3 Å². The number of nitrogens with one attached hydrogen (secondary N) is 1. The van der Waals surface area contributed by atoms with Gasteiger partial charge in [-0.2, -0.15) is 0 Å². The predicted molar refractivity (Wildman–Crippen MR) is 91.7 cm³/mol. The Morgan fingerprint density at radius 2 is 1.90 bits per heavy atom. The van der Waals surface area contributed by atoms with Crippen molar-refractivity contribution < 1.29 is 0 Å². The number of likely N-dealkylation sites (N-methyl/N-ethyl adjacent to an activating group) is 1. The highest BCUT2D eigenvalue weighted by Crippen LogP contribution is 2.29. The molecule has 2 rings (SSSR count). The Labute approximate surface area is 132 Å². The second-order valence-electron chi connectivity index (χ2n) is 8.52. The number of piperidine rings is 1. The molecule has 0 aliphatic carbocycles. The van der Waals surface area contributed by atoms with Gasteiger partial charge in [-0.3, -0.25) is 4.90 Å². The first kappa shape index (κ1) is 17.2.